The highest BCUT2D eigenvalue weighted by atomic mass is 35.5. The van der Waals surface area contributed by atoms with E-state index in [-0.39, 0.29) is 0 Å². The SMILES string of the molecule is Clc1cccc(CCNc2cc(-c3ccccc3)nc(N3CCOCC3)n2)c1. The zero-order valence-electron chi connectivity index (χ0n) is 15.6. The molecule has 2 heterocycles. The molecule has 0 radical (unpaired) electrons. The molecule has 4 rings (SSSR count). The third kappa shape index (κ3) is 4.80. The Morgan fingerprint density at radius 2 is 1.79 bits per heavy atom. The molecule has 1 aliphatic heterocycles. The molecule has 5 nitrogen and oxygen atoms in total. The monoisotopic (exact) mass is 394 g/mol. The molecule has 1 saturated heterocycles. The number of anilines is 2. The van der Waals surface area contributed by atoms with E-state index < -0.39 is 0 Å². The highest BCUT2D eigenvalue weighted by Crippen LogP contribution is 2.23. The summed E-state index contributed by atoms with van der Waals surface area (Å²) in [6.07, 6.45) is 0.873. The standard InChI is InChI=1S/C22H23ClN4O/c23-19-8-4-5-17(15-19)9-10-24-21-16-20(18-6-2-1-3-7-18)25-22(26-21)27-11-13-28-14-12-27/h1-8,15-16H,9-14H2,(H,24,25,26). The van der Waals surface area contributed by atoms with Gasteiger partial charge in [-0.15, -0.1) is 0 Å². The van der Waals surface area contributed by atoms with Crippen LogP contribution in [0.5, 0.6) is 0 Å². The molecule has 6 heteroatoms. The third-order valence-electron chi connectivity index (χ3n) is 4.69. The van der Waals surface area contributed by atoms with Gasteiger partial charge in [-0.3, -0.25) is 0 Å². The quantitative estimate of drug-likeness (QED) is 0.676. The summed E-state index contributed by atoms with van der Waals surface area (Å²) in [5, 5.41) is 4.21. The predicted octanol–water partition coefficient (Wildman–Crippen LogP) is 4.29. The Balaban J connectivity index is 1.54. The third-order valence-corrected chi connectivity index (χ3v) is 4.92. The largest absolute Gasteiger partial charge is 0.378 e. The summed E-state index contributed by atoms with van der Waals surface area (Å²) in [4.78, 5) is 11.7. The van der Waals surface area contributed by atoms with Crippen LogP contribution in [-0.4, -0.2) is 42.8 Å². The molecule has 1 fully saturated rings. The Morgan fingerprint density at radius 3 is 2.57 bits per heavy atom. The van der Waals surface area contributed by atoms with Crippen LogP contribution in [0.25, 0.3) is 11.3 Å². The zero-order valence-corrected chi connectivity index (χ0v) is 16.4. The molecule has 144 valence electrons. The lowest BCUT2D eigenvalue weighted by Crippen LogP contribution is -2.37. The van der Waals surface area contributed by atoms with Crippen molar-refractivity contribution in [3.05, 3.63) is 71.2 Å². The summed E-state index contributed by atoms with van der Waals surface area (Å²) in [6.45, 7) is 3.79. The molecule has 2 aromatic carbocycles. The van der Waals surface area contributed by atoms with Crippen LogP contribution < -0.4 is 10.2 Å². The van der Waals surface area contributed by atoms with Crippen LogP contribution in [0, 0.1) is 0 Å². The van der Waals surface area contributed by atoms with Crippen LogP contribution in [0.1, 0.15) is 5.56 Å². The Bertz CT molecular complexity index is 913. The maximum atomic E-state index is 6.08. The van der Waals surface area contributed by atoms with Crippen molar-refractivity contribution in [1.82, 2.24) is 9.97 Å². The number of aromatic nitrogens is 2. The molecule has 0 amide bonds. The minimum Gasteiger partial charge on any atom is -0.378 e. The molecule has 0 bridgehead atoms. The topological polar surface area (TPSA) is 50.3 Å². The first-order chi connectivity index (χ1) is 13.8. The number of morpholine rings is 1. The van der Waals surface area contributed by atoms with Gasteiger partial charge in [0.1, 0.15) is 5.82 Å². The van der Waals surface area contributed by atoms with Crippen molar-refractivity contribution in [3.63, 3.8) is 0 Å². The van der Waals surface area contributed by atoms with Gasteiger partial charge in [0.25, 0.3) is 0 Å². The lowest BCUT2D eigenvalue weighted by Gasteiger charge is -2.27. The van der Waals surface area contributed by atoms with E-state index in [1.807, 2.05) is 42.5 Å². The van der Waals surface area contributed by atoms with Crippen molar-refractivity contribution in [3.8, 4) is 11.3 Å². The van der Waals surface area contributed by atoms with Crippen LogP contribution in [0.3, 0.4) is 0 Å². The minimum absolute atomic E-state index is 0.705. The lowest BCUT2D eigenvalue weighted by molar-refractivity contribution is 0.122. The van der Waals surface area contributed by atoms with Gasteiger partial charge in [0.15, 0.2) is 0 Å². The Morgan fingerprint density at radius 1 is 0.964 bits per heavy atom. The molecule has 0 aliphatic carbocycles. The highest BCUT2D eigenvalue weighted by molar-refractivity contribution is 6.30. The van der Waals surface area contributed by atoms with Gasteiger partial charge >= 0.3 is 0 Å². The first kappa shape index (κ1) is 18.7. The fourth-order valence-electron chi connectivity index (χ4n) is 3.21. The maximum absolute atomic E-state index is 6.08. The Labute approximate surface area is 170 Å². The van der Waals surface area contributed by atoms with Gasteiger partial charge in [0, 0.05) is 36.3 Å². The van der Waals surface area contributed by atoms with E-state index in [0.29, 0.717) is 13.2 Å². The van der Waals surface area contributed by atoms with Crippen LogP contribution in [0.15, 0.2) is 60.7 Å². The number of nitrogens with zero attached hydrogens (tertiary/aromatic N) is 3. The van der Waals surface area contributed by atoms with Gasteiger partial charge in [0.05, 0.1) is 18.9 Å². The van der Waals surface area contributed by atoms with E-state index in [1.54, 1.807) is 0 Å². The van der Waals surface area contributed by atoms with Gasteiger partial charge < -0.3 is 15.0 Å². The van der Waals surface area contributed by atoms with E-state index in [9.17, 15) is 0 Å². The molecular formula is C22H23ClN4O. The van der Waals surface area contributed by atoms with Gasteiger partial charge in [-0.25, -0.2) is 4.98 Å². The number of hydrogen-bond donors (Lipinski definition) is 1. The number of nitrogens with one attached hydrogen (secondary N) is 1. The zero-order chi connectivity index (χ0) is 19.2. The summed E-state index contributed by atoms with van der Waals surface area (Å²) in [7, 11) is 0. The van der Waals surface area contributed by atoms with Crippen molar-refractivity contribution in [2.24, 2.45) is 0 Å². The fourth-order valence-corrected chi connectivity index (χ4v) is 3.43. The Hall–Kier alpha value is -2.63. The maximum Gasteiger partial charge on any atom is 0.228 e. The normalized spacial score (nSPS) is 14.1. The van der Waals surface area contributed by atoms with Crippen molar-refractivity contribution in [2.45, 2.75) is 6.42 Å². The number of hydrogen-bond acceptors (Lipinski definition) is 5. The molecule has 1 aliphatic rings. The van der Waals surface area contributed by atoms with Crippen molar-refractivity contribution in [1.29, 1.82) is 0 Å². The average molecular weight is 395 g/mol. The summed E-state index contributed by atoms with van der Waals surface area (Å²) in [6, 6.07) is 20.2. The van der Waals surface area contributed by atoms with Gasteiger partial charge in [-0.05, 0) is 24.1 Å². The molecule has 0 spiro atoms. The number of ether oxygens (including phenoxy) is 1. The van der Waals surface area contributed by atoms with Gasteiger partial charge in [0.2, 0.25) is 5.95 Å². The second-order valence-electron chi connectivity index (χ2n) is 6.71. The van der Waals surface area contributed by atoms with E-state index in [0.717, 1.165) is 54.1 Å². The predicted molar refractivity (Wildman–Crippen MR) is 114 cm³/mol. The molecule has 0 unspecified atom stereocenters. The highest BCUT2D eigenvalue weighted by Gasteiger charge is 2.16. The summed E-state index contributed by atoms with van der Waals surface area (Å²) in [5.41, 5.74) is 3.20. The number of benzene rings is 2. The van der Waals surface area contributed by atoms with Crippen molar-refractivity contribution < 1.29 is 4.74 Å². The number of halogens is 1. The van der Waals surface area contributed by atoms with Crippen LogP contribution in [-0.2, 0) is 11.2 Å². The average Bonchev–Trinajstić information content (AvgIpc) is 2.75. The minimum atomic E-state index is 0.705. The van der Waals surface area contributed by atoms with E-state index in [4.69, 9.17) is 26.3 Å². The number of rotatable bonds is 6. The fraction of sp³-hybridized carbons (Fsp3) is 0.273. The molecule has 28 heavy (non-hydrogen) atoms. The van der Waals surface area contributed by atoms with Gasteiger partial charge in [-0.2, -0.15) is 4.98 Å². The van der Waals surface area contributed by atoms with Crippen LogP contribution >= 0.6 is 11.6 Å². The van der Waals surface area contributed by atoms with Crippen LogP contribution in [0.4, 0.5) is 11.8 Å². The molecular weight excluding hydrogens is 372 g/mol. The molecule has 1 N–H and O–H groups in total. The van der Waals surface area contributed by atoms with Crippen molar-refractivity contribution in [2.75, 3.05) is 43.1 Å². The van der Waals surface area contributed by atoms with E-state index in [1.165, 1.54) is 5.56 Å². The first-order valence-corrected chi connectivity index (χ1v) is 9.91. The molecule has 0 atom stereocenters. The van der Waals surface area contributed by atoms with E-state index in [2.05, 4.69) is 28.4 Å². The molecule has 1 aromatic heterocycles. The van der Waals surface area contributed by atoms with Crippen LogP contribution in [0.2, 0.25) is 5.02 Å². The smallest absolute Gasteiger partial charge is 0.228 e. The summed E-state index contributed by atoms with van der Waals surface area (Å²) >= 11 is 6.08. The molecule has 3 aromatic rings. The second kappa shape index (κ2) is 9.04. The van der Waals surface area contributed by atoms with Gasteiger partial charge in [-0.1, -0.05) is 54.1 Å². The van der Waals surface area contributed by atoms with E-state index >= 15 is 0 Å². The van der Waals surface area contributed by atoms with Crippen molar-refractivity contribution >= 4 is 23.4 Å². The molecule has 0 saturated carbocycles. The lowest BCUT2D eigenvalue weighted by atomic mass is 10.1. The second-order valence-corrected chi connectivity index (χ2v) is 7.15. The first-order valence-electron chi connectivity index (χ1n) is 9.53. The summed E-state index contributed by atoms with van der Waals surface area (Å²) < 4.78 is 5.47. The Kier molecular flexibility index (Phi) is 6.04. The summed E-state index contributed by atoms with van der Waals surface area (Å²) in [5.74, 6) is 1.58.